The average molecular weight is 346 g/mol. The Bertz CT molecular complexity index is 520. The van der Waals surface area contributed by atoms with Gasteiger partial charge in [-0.3, -0.25) is 4.99 Å². The van der Waals surface area contributed by atoms with Crippen LogP contribution in [-0.2, 0) is 17.5 Å². The highest BCUT2D eigenvalue weighted by molar-refractivity contribution is 5.79. The van der Waals surface area contributed by atoms with Crippen molar-refractivity contribution >= 4 is 5.96 Å². The van der Waals surface area contributed by atoms with Gasteiger partial charge >= 0.3 is 6.18 Å². The smallest absolute Gasteiger partial charge is 0.383 e. The van der Waals surface area contributed by atoms with Crippen LogP contribution in [0.15, 0.2) is 29.3 Å². The first-order valence-corrected chi connectivity index (χ1v) is 7.65. The van der Waals surface area contributed by atoms with Crippen LogP contribution in [0.25, 0.3) is 0 Å². The molecule has 1 rings (SSSR count). The minimum atomic E-state index is -4.33. The summed E-state index contributed by atoms with van der Waals surface area (Å²) in [4.78, 5) is 6.17. The Kier molecular flexibility index (Phi) is 8.56. The number of ether oxygens (including phenoxy) is 1. The number of halogens is 3. The lowest BCUT2D eigenvalue weighted by Crippen LogP contribution is -2.41. The molecule has 136 valence electrons. The van der Waals surface area contributed by atoms with Crippen LogP contribution < -0.4 is 10.6 Å². The number of likely N-dealkylation sites (N-methyl/N-ethyl adjacent to an activating group) is 1. The highest BCUT2D eigenvalue weighted by Crippen LogP contribution is 2.29. The number of aliphatic imine (C=N–C) groups is 1. The summed E-state index contributed by atoms with van der Waals surface area (Å²) in [6, 6.07) is 5.25. The zero-order valence-electron chi connectivity index (χ0n) is 14.3. The lowest BCUT2D eigenvalue weighted by Gasteiger charge is -2.18. The molecule has 0 aliphatic heterocycles. The van der Waals surface area contributed by atoms with Crippen LogP contribution in [0.4, 0.5) is 13.2 Å². The van der Waals surface area contributed by atoms with E-state index in [1.165, 1.54) is 6.07 Å². The minimum Gasteiger partial charge on any atom is -0.383 e. The van der Waals surface area contributed by atoms with Gasteiger partial charge in [0.2, 0.25) is 0 Å². The second kappa shape index (κ2) is 10.1. The molecule has 0 amide bonds. The van der Waals surface area contributed by atoms with E-state index in [1.807, 2.05) is 7.05 Å². The Morgan fingerprint density at radius 3 is 2.62 bits per heavy atom. The second-order valence-corrected chi connectivity index (χ2v) is 5.35. The van der Waals surface area contributed by atoms with Crippen molar-refractivity contribution < 1.29 is 17.9 Å². The van der Waals surface area contributed by atoms with Crippen LogP contribution in [0.5, 0.6) is 0 Å². The maximum Gasteiger partial charge on any atom is 0.416 e. The SMILES string of the molecule is CN=C(NCCN(C)CCOC)NCc1cccc(C(F)(F)F)c1. The summed E-state index contributed by atoms with van der Waals surface area (Å²) in [7, 11) is 5.27. The van der Waals surface area contributed by atoms with Crippen molar-refractivity contribution in [2.24, 2.45) is 4.99 Å². The molecule has 0 aliphatic carbocycles. The van der Waals surface area contributed by atoms with E-state index < -0.39 is 11.7 Å². The maximum absolute atomic E-state index is 12.7. The number of hydrogen-bond acceptors (Lipinski definition) is 3. The van der Waals surface area contributed by atoms with Crippen LogP contribution in [0.1, 0.15) is 11.1 Å². The predicted octanol–water partition coefficient (Wildman–Crippen LogP) is 1.95. The number of hydrogen-bond donors (Lipinski definition) is 2. The van der Waals surface area contributed by atoms with E-state index in [4.69, 9.17) is 4.74 Å². The molecule has 24 heavy (non-hydrogen) atoms. The molecule has 0 bridgehead atoms. The highest BCUT2D eigenvalue weighted by atomic mass is 19.4. The first-order chi connectivity index (χ1) is 11.4. The van der Waals surface area contributed by atoms with Crippen LogP contribution >= 0.6 is 0 Å². The van der Waals surface area contributed by atoms with Gasteiger partial charge in [-0.1, -0.05) is 12.1 Å². The van der Waals surface area contributed by atoms with Gasteiger partial charge in [0.25, 0.3) is 0 Å². The van der Waals surface area contributed by atoms with Gasteiger partial charge in [0.15, 0.2) is 5.96 Å². The zero-order valence-corrected chi connectivity index (χ0v) is 14.3. The highest BCUT2D eigenvalue weighted by Gasteiger charge is 2.30. The Morgan fingerprint density at radius 2 is 2.00 bits per heavy atom. The van der Waals surface area contributed by atoms with Crippen molar-refractivity contribution in [2.45, 2.75) is 12.7 Å². The van der Waals surface area contributed by atoms with E-state index in [9.17, 15) is 13.2 Å². The fourth-order valence-electron chi connectivity index (χ4n) is 1.99. The van der Waals surface area contributed by atoms with Gasteiger partial charge in [-0.2, -0.15) is 13.2 Å². The van der Waals surface area contributed by atoms with E-state index in [0.29, 0.717) is 24.7 Å². The average Bonchev–Trinajstić information content (AvgIpc) is 2.55. The van der Waals surface area contributed by atoms with E-state index in [0.717, 1.165) is 25.2 Å². The zero-order chi connectivity index (χ0) is 18.0. The van der Waals surface area contributed by atoms with Gasteiger partial charge in [0.1, 0.15) is 0 Å². The van der Waals surface area contributed by atoms with Crippen molar-refractivity contribution in [3.8, 4) is 0 Å². The van der Waals surface area contributed by atoms with Crippen LogP contribution in [-0.4, -0.2) is 58.3 Å². The standard InChI is InChI=1S/C16H25F3N4O/c1-20-15(21-7-8-23(2)9-10-24-3)22-12-13-5-4-6-14(11-13)16(17,18)19/h4-6,11H,7-10,12H2,1-3H3,(H2,20,21,22). The lowest BCUT2D eigenvalue weighted by molar-refractivity contribution is -0.137. The first-order valence-electron chi connectivity index (χ1n) is 7.65. The predicted molar refractivity (Wildman–Crippen MR) is 89.0 cm³/mol. The van der Waals surface area contributed by atoms with Gasteiger partial charge < -0.3 is 20.3 Å². The summed E-state index contributed by atoms with van der Waals surface area (Å²) in [5.74, 6) is 0.549. The van der Waals surface area contributed by atoms with Crippen molar-refractivity contribution in [1.82, 2.24) is 15.5 Å². The van der Waals surface area contributed by atoms with Gasteiger partial charge in [-0.05, 0) is 24.7 Å². The number of alkyl halides is 3. The Morgan fingerprint density at radius 1 is 1.25 bits per heavy atom. The van der Waals surface area contributed by atoms with Crippen LogP contribution in [0.2, 0.25) is 0 Å². The van der Waals surface area contributed by atoms with E-state index in [-0.39, 0.29) is 6.54 Å². The molecule has 0 radical (unpaired) electrons. The topological polar surface area (TPSA) is 48.9 Å². The maximum atomic E-state index is 12.7. The summed E-state index contributed by atoms with van der Waals surface area (Å²) in [5.41, 5.74) is -0.102. The summed E-state index contributed by atoms with van der Waals surface area (Å²) >= 11 is 0. The number of guanidine groups is 1. The second-order valence-electron chi connectivity index (χ2n) is 5.35. The van der Waals surface area contributed by atoms with E-state index in [1.54, 1.807) is 20.2 Å². The monoisotopic (exact) mass is 346 g/mol. The molecule has 0 fully saturated rings. The Balaban J connectivity index is 2.42. The molecule has 0 heterocycles. The third-order valence-electron chi connectivity index (χ3n) is 3.40. The third kappa shape index (κ3) is 7.65. The summed E-state index contributed by atoms with van der Waals surface area (Å²) in [6.45, 7) is 3.23. The Labute approximate surface area is 140 Å². The molecule has 0 unspecified atom stereocenters. The molecule has 5 nitrogen and oxygen atoms in total. The fourth-order valence-corrected chi connectivity index (χ4v) is 1.99. The number of methoxy groups -OCH3 is 1. The summed E-state index contributed by atoms with van der Waals surface area (Å²) in [6.07, 6.45) is -4.33. The largest absolute Gasteiger partial charge is 0.416 e. The molecule has 0 aliphatic rings. The third-order valence-corrected chi connectivity index (χ3v) is 3.40. The quantitative estimate of drug-likeness (QED) is 0.558. The summed E-state index contributed by atoms with van der Waals surface area (Å²) in [5, 5.41) is 6.14. The number of rotatable bonds is 8. The fraction of sp³-hybridized carbons (Fsp3) is 0.562. The minimum absolute atomic E-state index is 0.267. The molecular formula is C16H25F3N4O. The Hall–Kier alpha value is -1.80. The van der Waals surface area contributed by atoms with Gasteiger partial charge in [-0.25, -0.2) is 0 Å². The molecule has 0 saturated carbocycles. The molecule has 0 atom stereocenters. The van der Waals surface area contributed by atoms with Crippen molar-refractivity contribution in [3.63, 3.8) is 0 Å². The van der Waals surface area contributed by atoms with Crippen molar-refractivity contribution in [3.05, 3.63) is 35.4 Å². The molecule has 2 N–H and O–H groups in total. The van der Waals surface area contributed by atoms with Gasteiger partial charge in [0, 0.05) is 40.3 Å². The molecule has 1 aromatic carbocycles. The number of nitrogens with zero attached hydrogens (tertiary/aromatic N) is 2. The molecule has 1 aromatic rings. The molecule has 0 aromatic heterocycles. The normalized spacial score (nSPS) is 12.5. The number of benzene rings is 1. The van der Waals surface area contributed by atoms with E-state index in [2.05, 4.69) is 20.5 Å². The molecule has 0 saturated heterocycles. The first kappa shape index (κ1) is 20.2. The number of nitrogens with one attached hydrogen (secondary N) is 2. The molecule has 0 spiro atoms. The van der Waals surface area contributed by atoms with Gasteiger partial charge in [-0.15, -0.1) is 0 Å². The van der Waals surface area contributed by atoms with Gasteiger partial charge in [0.05, 0.1) is 12.2 Å². The van der Waals surface area contributed by atoms with Crippen molar-refractivity contribution in [1.29, 1.82) is 0 Å². The van der Waals surface area contributed by atoms with Crippen molar-refractivity contribution in [2.75, 3.05) is 47.4 Å². The molecule has 8 heteroatoms. The van der Waals surface area contributed by atoms with Crippen LogP contribution in [0.3, 0.4) is 0 Å². The van der Waals surface area contributed by atoms with Crippen LogP contribution in [0, 0.1) is 0 Å². The summed E-state index contributed by atoms with van der Waals surface area (Å²) < 4.78 is 43.1. The molecular weight excluding hydrogens is 321 g/mol. The lowest BCUT2D eigenvalue weighted by atomic mass is 10.1. The van der Waals surface area contributed by atoms with E-state index >= 15 is 0 Å².